The summed E-state index contributed by atoms with van der Waals surface area (Å²) in [6.07, 6.45) is 2.70. The maximum atomic E-state index is 14.1. The minimum Gasteiger partial charge on any atom is -0.444 e. The molecule has 0 saturated heterocycles. The molecule has 3 aromatic carbocycles. The number of ether oxygens (including phenoxy) is 1. The highest BCUT2D eigenvalue weighted by Gasteiger charge is 2.35. The number of nitrogens with one attached hydrogen (secondary N) is 2. The van der Waals surface area contributed by atoms with Crippen molar-refractivity contribution in [1.82, 2.24) is 10.7 Å². The van der Waals surface area contributed by atoms with E-state index in [4.69, 9.17) is 4.74 Å². The number of hydrogen-bond donors (Lipinski definition) is 2. The molecule has 0 aliphatic carbocycles. The predicted octanol–water partition coefficient (Wildman–Crippen LogP) is 6.14. The van der Waals surface area contributed by atoms with Gasteiger partial charge in [0.2, 0.25) is 0 Å². The van der Waals surface area contributed by atoms with Gasteiger partial charge in [-0.1, -0.05) is 79.2 Å². The van der Waals surface area contributed by atoms with Gasteiger partial charge in [-0.05, 0) is 69.7 Å². The van der Waals surface area contributed by atoms with E-state index in [1.807, 2.05) is 66.7 Å². The molecule has 0 spiro atoms. The molecule has 0 fully saturated rings. The zero-order valence-corrected chi connectivity index (χ0v) is 23.1. The van der Waals surface area contributed by atoms with Crippen molar-refractivity contribution in [3.8, 4) is 11.1 Å². The average Bonchev–Trinajstić information content (AvgIpc) is 2.99. The molecule has 2 N–H and O–H groups in total. The molecule has 0 aromatic heterocycles. The molecule has 7 heteroatoms. The lowest BCUT2D eigenvalue weighted by Gasteiger charge is -2.28. The fraction of sp³-hybridized carbons (Fsp3) is 0.344. The van der Waals surface area contributed by atoms with Gasteiger partial charge in [0, 0.05) is 5.56 Å². The molecule has 0 radical (unpaired) electrons. The molecule has 3 aromatic rings. The smallest absolute Gasteiger partial charge is 0.408 e. The summed E-state index contributed by atoms with van der Waals surface area (Å²) in [6.45, 7) is 6.81. The second-order valence-corrected chi connectivity index (χ2v) is 10.9. The number of alkyl carbamates (subject to hydrolysis) is 1. The van der Waals surface area contributed by atoms with Crippen LogP contribution >= 0.6 is 0 Å². The zero-order valence-electron chi connectivity index (χ0n) is 23.1. The maximum Gasteiger partial charge on any atom is 0.408 e. The van der Waals surface area contributed by atoms with E-state index in [9.17, 15) is 14.4 Å². The van der Waals surface area contributed by atoms with Crippen LogP contribution in [0.25, 0.3) is 11.1 Å². The van der Waals surface area contributed by atoms with Crippen LogP contribution in [0, 0.1) is 0 Å². The van der Waals surface area contributed by atoms with Crippen molar-refractivity contribution in [2.45, 2.75) is 70.9 Å². The number of hydrogen-bond acceptors (Lipinski definition) is 4. The van der Waals surface area contributed by atoms with E-state index in [1.165, 1.54) is 10.6 Å². The Hall–Kier alpha value is -4.13. The lowest BCUT2D eigenvalue weighted by Crippen LogP contribution is -2.54. The van der Waals surface area contributed by atoms with Crippen molar-refractivity contribution in [2.75, 3.05) is 5.01 Å². The van der Waals surface area contributed by atoms with Gasteiger partial charge in [-0.3, -0.25) is 15.0 Å². The standard InChI is InChI=1S/C32H37N3O4/c1-22(33-31(38)39-32(2,3)4)29(36)34-35-28-21-13-12-19-26(28)24-17-10-11-18-25(24)27(30(35)37)20-9-8-16-23-14-6-5-7-15-23/h5-7,10-15,17-19,21-22,27H,8-9,16,20H2,1-4H3,(H,33,38)(H,34,36)/t22-,27?/m0/s1. The van der Waals surface area contributed by atoms with Crippen molar-refractivity contribution >= 4 is 23.6 Å². The van der Waals surface area contributed by atoms with Crippen LogP contribution in [0.15, 0.2) is 78.9 Å². The van der Waals surface area contributed by atoms with Crippen molar-refractivity contribution in [3.05, 3.63) is 90.0 Å². The molecular weight excluding hydrogens is 490 g/mol. The quantitative estimate of drug-likeness (QED) is 0.345. The summed E-state index contributed by atoms with van der Waals surface area (Å²) >= 11 is 0. The first-order valence-corrected chi connectivity index (χ1v) is 13.5. The molecular formula is C32H37N3O4. The molecule has 1 heterocycles. The number of carbonyl (C=O) groups excluding carboxylic acids is 3. The molecule has 39 heavy (non-hydrogen) atoms. The van der Waals surface area contributed by atoms with E-state index in [1.54, 1.807) is 27.7 Å². The lowest BCUT2D eigenvalue weighted by molar-refractivity contribution is -0.127. The van der Waals surface area contributed by atoms with E-state index >= 15 is 0 Å². The highest BCUT2D eigenvalue weighted by atomic mass is 16.6. The third-order valence-electron chi connectivity index (χ3n) is 6.69. The monoisotopic (exact) mass is 527 g/mol. The molecule has 204 valence electrons. The number of anilines is 1. The lowest BCUT2D eigenvalue weighted by atomic mass is 9.87. The van der Waals surface area contributed by atoms with Gasteiger partial charge >= 0.3 is 6.09 Å². The highest BCUT2D eigenvalue weighted by Crippen LogP contribution is 2.41. The first kappa shape index (κ1) is 27.9. The number of aryl methyl sites for hydroxylation is 1. The second kappa shape index (κ2) is 12.2. The molecule has 4 rings (SSSR count). The van der Waals surface area contributed by atoms with Crippen molar-refractivity contribution < 1.29 is 19.1 Å². The van der Waals surface area contributed by atoms with E-state index in [0.29, 0.717) is 12.1 Å². The summed E-state index contributed by atoms with van der Waals surface area (Å²) in [4.78, 5) is 39.5. The number of fused-ring (bicyclic) bond motifs is 3. The first-order chi connectivity index (χ1) is 18.6. The number of unbranched alkanes of at least 4 members (excludes halogenated alkanes) is 1. The van der Waals surface area contributed by atoms with Crippen LogP contribution < -0.4 is 15.8 Å². The summed E-state index contributed by atoms with van der Waals surface area (Å²) in [7, 11) is 0. The fourth-order valence-corrected chi connectivity index (χ4v) is 4.82. The molecule has 0 saturated carbocycles. The predicted molar refractivity (Wildman–Crippen MR) is 153 cm³/mol. The Morgan fingerprint density at radius 1 is 0.897 bits per heavy atom. The first-order valence-electron chi connectivity index (χ1n) is 13.5. The van der Waals surface area contributed by atoms with Crippen LogP contribution in [0.3, 0.4) is 0 Å². The van der Waals surface area contributed by atoms with Crippen molar-refractivity contribution in [3.63, 3.8) is 0 Å². The number of benzene rings is 3. The van der Waals surface area contributed by atoms with Crippen LogP contribution in [0.5, 0.6) is 0 Å². The van der Waals surface area contributed by atoms with Gasteiger partial charge in [-0.25, -0.2) is 9.80 Å². The second-order valence-electron chi connectivity index (χ2n) is 10.9. The van der Waals surface area contributed by atoms with Crippen LogP contribution in [0.1, 0.15) is 64.0 Å². The minimum absolute atomic E-state index is 0.204. The van der Waals surface area contributed by atoms with Crippen LogP contribution in [0.2, 0.25) is 0 Å². The van der Waals surface area contributed by atoms with Crippen LogP contribution in [-0.4, -0.2) is 29.6 Å². The summed E-state index contributed by atoms with van der Waals surface area (Å²) in [6, 6.07) is 24.9. The zero-order chi connectivity index (χ0) is 28.0. The number of nitrogens with zero attached hydrogens (tertiary/aromatic N) is 1. The molecule has 2 atom stereocenters. The van der Waals surface area contributed by atoms with Crippen molar-refractivity contribution in [2.24, 2.45) is 0 Å². The van der Waals surface area contributed by atoms with Gasteiger partial charge < -0.3 is 10.1 Å². The Balaban J connectivity index is 1.56. The van der Waals surface area contributed by atoms with Gasteiger partial charge in [0.1, 0.15) is 11.6 Å². The largest absolute Gasteiger partial charge is 0.444 e. The summed E-state index contributed by atoms with van der Waals surface area (Å²) in [5.74, 6) is -1.15. The van der Waals surface area contributed by atoms with Gasteiger partial charge in [-0.2, -0.15) is 0 Å². The van der Waals surface area contributed by atoms with Crippen LogP contribution in [0.4, 0.5) is 10.5 Å². The normalized spacial score (nSPS) is 15.4. The maximum absolute atomic E-state index is 14.1. The SMILES string of the molecule is C[C@H](NC(=O)OC(C)(C)C)C(=O)NN1C(=O)C(CCCCc2ccccc2)c2ccccc2-c2ccccc21. The summed E-state index contributed by atoms with van der Waals surface area (Å²) < 4.78 is 5.28. The Morgan fingerprint density at radius 2 is 1.54 bits per heavy atom. The molecule has 0 bridgehead atoms. The Morgan fingerprint density at radius 3 is 2.26 bits per heavy atom. The fourth-order valence-electron chi connectivity index (χ4n) is 4.82. The van der Waals surface area contributed by atoms with Gasteiger partial charge in [-0.15, -0.1) is 0 Å². The minimum atomic E-state index is -0.922. The molecule has 7 nitrogen and oxygen atoms in total. The summed E-state index contributed by atoms with van der Waals surface area (Å²) in [5, 5.41) is 3.91. The van der Waals surface area contributed by atoms with Gasteiger partial charge in [0.25, 0.3) is 11.8 Å². The number of rotatable bonds is 8. The average molecular weight is 528 g/mol. The molecule has 1 unspecified atom stereocenters. The van der Waals surface area contributed by atoms with Gasteiger partial charge in [0.05, 0.1) is 11.6 Å². The van der Waals surface area contributed by atoms with Gasteiger partial charge in [0.15, 0.2) is 0 Å². The van der Waals surface area contributed by atoms with Crippen LogP contribution in [-0.2, 0) is 20.7 Å². The summed E-state index contributed by atoms with van der Waals surface area (Å²) in [5.41, 5.74) is 6.76. The molecule has 3 amide bonds. The Labute approximate surface area is 230 Å². The van der Waals surface area contributed by atoms with E-state index in [0.717, 1.165) is 36.0 Å². The number of carbonyl (C=O) groups is 3. The van der Waals surface area contributed by atoms with E-state index < -0.39 is 29.6 Å². The van der Waals surface area contributed by atoms with E-state index in [-0.39, 0.29) is 5.91 Å². The Bertz CT molecular complexity index is 1320. The molecule has 1 aliphatic rings. The number of para-hydroxylation sites is 1. The third kappa shape index (κ3) is 7.05. The topological polar surface area (TPSA) is 87.7 Å². The third-order valence-corrected chi connectivity index (χ3v) is 6.69. The molecule has 1 aliphatic heterocycles. The van der Waals surface area contributed by atoms with E-state index in [2.05, 4.69) is 22.9 Å². The van der Waals surface area contributed by atoms with Crippen molar-refractivity contribution in [1.29, 1.82) is 0 Å². The number of amides is 3. The number of hydrazine groups is 1. The highest BCUT2D eigenvalue weighted by molar-refractivity contribution is 6.07. The Kier molecular flexibility index (Phi) is 8.69.